The average molecular weight is 2100 g/mol. The van der Waals surface area contributed by atoms with Crippen LogP contribution >= 0.6 is 95.6 Å². The first-order chi connectivity index (χ1) is 60.2. The minimum atomic E-state index is -0.505. The van der Waals surface area contributed by atoms with E-state index in [9.17, 15) is 24.3 Å². The number of nitrogens with one attached hydrogen (secondary N) is 1. The van der Waals surface area contributed by atoms with Crippen molar-refractivity contribution in [1.82, 2.24) is 24.9 Å². The Morgan fingerprint density at radius 3 is 1.20 bits per heavy atom. The van der Waals surface area contributed by atoms with Crippen molar-refractivity contribution in [2.24, 2.45) is 0 Å². The van der Waals surface area contributed by atoms with Crippen LogP contribution in [0, 0.1) is 0 Å². The summed E-state index contributed by atoms with van der Waals surface area (Å²) in [4.78, 5) is 54.3. The molecule has 2 N–H and O–H groups in total. The molecule has 668 valence electrons. The van der Waals surface area contributed by atoms with Crippen LogP contribution in [0.1, 0.15) is 166 Å². The lowest BCUT2D eigenvalue weighted by Crippen LogP contribution is -2.44. The van der Waals surface area contributed by atoms with Crippen LogP contribution in [-0.4, -0.2) is 164 Å². The van der Waals surface area contributed by atoms with E-state index in [0.29, 0.717) is 70.7 Å². The second-order valence-electron chi connectivity index (χ2n) is 33.8. The summed E-state index contributed by atoms with van der Waals surface area (Å²) in [6, 6.07) is 86.5. The summed E-state index contributed by atoms with van der Waals surface area (Å²) in [6.45, 7) is 29.9. The summed E-state index contributed by atoms with van der Waals surface area (Å²) in [6.07, 6.45) is 0.0254. The molecule has 0 bridgehead atoms. The van der Waals surface area contributed by atoms with Gasteiger partial charge in [-0.2, -0.15) is 0 Å². The first-order valence-electron chi connectivity index (χ1n) is 42.2. The maximum Gasteiger partial charge on any atom is 0.494 e. The minimum Gasteiger partial charge on any atom is -0.444 e. The predicted octanol–water partition coefficient (Wildman–Crippen LogP) is 22.7. The largest absolute Gasteiger partial charge is 0.494 e. The Kier molecular flexibility index (Phi) is 39.5. The number of carbonyl (C=O) groups is 4. The fourth-order valence-electron chi connectivity index (χ4n) is 13.4. The van der Waals surface area contributed by atoms with E-state index in [1.54, 1.807) is 21.9 Å². The number of nitrogens with zero attached hydrogens (tertiary/aromatic N) is 4. The summed E-state index contributed by atoms with van der Waals surface area (Å²) < 4.78 is 57.8. The van der Waals surface area contributed by atoms with E-state index in [1.165, 1.54) is 22.3 Å². The van der Waals surface area contributed by atoms with Gasteiger partial charge in [0.15, 0.2) is 0 Å². The van der Waals surface area contributed by atoms with Crippen molar-refractivity contribution >= 4 is 133 Å². The molecule has 16 rings (SSSR count). The highest BCUT2D eigenvalue weighted by Gasteiger charge is 2.52. The number of epoxide rings is 1. The smallest absolute Gasteiger partial charge is 0.444 e. The molecule has 0 radical (unpaired) electrons. The highest BCUT2D eigenvalue weighted by molar-refractivity contribution is 9.11. The number of morpholine rings is 4. The van der Waals surface area contributed by atoms with Crippen LogP contribution < -0.4 is 10.8 Å². The molecule has 10 aromatic rings. The highest BCUT2D eigenvalue weighted by Crippen LogP contribution is 2.38. The zero-order valence-electron chi connectivity index (χ0n) is 73.1. The van der Waals surface area contributed by atoms with Gasteiger partial charge in [0.1, 0.15) is 48.5 Å². The van der Waals surface area contributed by atoms with E-state index in [0.717, 1.165) is 106 Å². The topological polar surface area (TPSA) is 200 Å². The van der Waals surface area contributed by atoms with Gasteiger partial charge in [0.05, 0.1) is 69.5 Å². The Labute approximate surface area is 794 Å². The zero-order chi connectivity index (χ0) is 90.4. The second-order valence-corrected chi connectivity index (χ2v) is 39.3. The Balaban J connectivity index is 0.000000157. The van der Waals surface area contributed by atoms with E-state index in [1.807, 2.05) is 244 Å². The van der Waals surface area contributed by atoms with Crippen molar-refractivity contribution < 1.29 is 66.8 Å². The van der Waals surface area contributed by atoms with Crippen molar-refractivity contribution in [3.05, 3.63) is 343 Å². The Morgan fingerprint density at radius 2 is 0.802 bits per heavy atom. The molecule has 0 aliphatic carbocycles. The molecule has 6 aliphatic rings. The van der Waals surface area contributed by atoms with Gasteiger partial charge in [-0.15, -0.1) is 0 Å². The summed E-state index contributed by atoms with van der Waals surface area (Å²) in [5, 5.41) is 13.3. The van der Waals surface area contributed by atoms with Crippen molar-refractivity contribution in [2.45, 2.75) is 148 Å². The van der Waals surface area contributed by atoms with Crippen LogP contribution in [0.15, 0.2) is 288 Å². The number of aliphatic hydroxyl groups excluding tert-OH is 1. The Hall–Kier alpha value is -7.58. The van der Waals surface area contributed by atoms with Gasteiger partial charge in [-0.3, -0.25) is 14.5 Å². The molecule has 3 amide bonds. The number of carbonyl (C=O) groups excluding carboxylic acids is 4. The summed E-state index contributed by atoms with van der Waals surface area (Å²) in [5.41, 5.74) is 10.4. The number of halogens is 6. The van der Waals surface area contributed by atoms with E-state index < -0.39 is 17.3 Å². The standard InChI is InChI=1S/C21H32BNO5.C17H16BrNO2.C17H18BrNO.C15H20BrNO3.C15H16BrNO.C8H7BrO.C7H5BrO/c1-19(2,3)26-18(24)23-12-13-25-17(14-23)15-8-10-16(11-9-15)22-27-20(4,5)21(6,7)28-22;18-15-8-6-14(7-9-15)16-11-19(17(20)12-21-16)10-13-4-2-1-3-5-13;18-16-8-6-15(7-9-16)17-13-19(10-11-20-17)12-14-4-2-1-3-5-14;1-15(2,3)20-14(18)17-8-9-19-13(10-17)11-4-6-12(16)7-5-11;16-14-8-6-13(7-9-14)15(18)11-17-10-12-4-2-1-3-5-12;9-7-3-1-6(2-4-7)8-5-10-8;8-7-3-1-6(5-9)2-4-7/h8-11,17H,12-14H2,1-7H3;1-9,16H,10-12H2;1-9,17H,10-13H2;4-7,13H,8-10H2,1-3H3;1-9,15,17-18H,10-11H2;1-4,8H,5H2;1-5H. The molecular formula is C100H114BBr6N5O14. The third-order valence-corrected chi connectivity index (χ3v) is 24.3. The fourth-order valence-corrected chi connectivity index (χ4v) is 15.0. The van der Waals surface area contributed by atoms with Gasteiger partial charge in [-0.25, -0.2) is 9.59 Å². The van der Waals surface area contributed by atoms with Crippen LogP contribution in [0.2, 0.25) is 0 Å². The van der Waals surface area contributed by atoms with Crippen LogP contribution in [0.25, 0.3) is 0 Å². The number of amides is 3. The molecule has 6 aliphatic heterocycles. The van der Waals surface area contributed by atoms with Gasteiger partial charge in [0.25, 0.3) is 0 Å². The molecule has 6 saturated heterocycles. The van der Waals surface area contributed by atoms with E-state index in [-0.39, 0.29) is 67.4 Å². The normalized spacial score (nSPS) is 19.1. The molecule has 0 saturated carbocycles. The maximum absolute atomic E-state index is 12.4. The quantitative estimate of drug-likeness (QED) is 0.0525. The molecule has 6 fully saturated rings. The molecule has 6 unspecified atom stereocenters. The molecule has 10 aromatic carbocycles. The van der Waals surface area contributed by atoms with E-state index >= 15 is 0 Å². The summed E-state index contributed by atoms with van der Waals surface area (Å²) in [5.74, 6) is 0.0483. The monoisotopic (exact) mass is 2090 g/mol. The van der Waals surface area contributed by atoms with Crippen LogP contribution in [0.5, 0.6) is 0 Å². The number of hydrogen-bond donors (Lipinski definition) is 2. The van der Waals surface area contributed by atoms with Crippen LogP contribution in [0.3, 0.4) is 0 Å². The molecule has 0 spiro atoms. The highest BCUT2D eigenvalue weighted by atomic mass is 79.9. The molecule has 6 heterocycles. The van der Waals surface area contributed by atoms with Gasteiger partial charge < -0.3 is 67.6 Å². The molecule has 6 atom stereocenters. The number of aliphatic hydroxyl groups is 1. The number of hydrogen-bond acceptors (Lipinski definition) is 16. The average Bonchev–Trinajstić information content (AvgIpc) is 1.62. The third kappa shape index (κ3) is 34.1. The molecule has 26 heteroatoms. The van der Waals surface area contributed by atoms with Gasteiger partial charge in [0, 0.05) is 84.8 Å². The third-order valence-electron chi connectivity index (χ3n) is 21.1. The van der Waals surface area contributed by atoms with E-state index in [4.69, 9.17) is 42.5 Å². The van der Waals surface area contributed by atoms with Crippen molar-refractivity contribution in [3.8, 4) is 0 Å². The lowest BCUT2D eigenvalue weighted by Gasteiger charge is -2.34. The van der Waals surface area contributed by atoms with Crippen molar-refractivity contribution in [3.63, 3.8) is 0 Å². The maximum atomic E-state index is 12.4. The number of benzene rings is 10. The molecule has 19 nitrogen and oxygen atoms in total. The molecular weight excluding hydrogens is 1990 g/mol. The van der Waals surface area contributed by atoms with Gasteiger partial charge >= 0.3 is 19.3 Å². The van der Waals surface area contributed by atoms with Gasteiger partial charge in [-0.1, -0.05) is 284 Å². The predicted molar refractivity (Wildman–Crippen MR) is 518 cm³/mol. The van der Waals surface area contributed by atoms with Crippen LogP contribution in [0.4, 0.5) is 9.59 Å². The summed E-state index contributed by atoms with van der Waals surface area (Å²) in [7, 11) is -0.385. The van der Waals surface area contributed by atoms with Gasteiger partial charge in [0.2, 0.25) is 5.91 Å². The van der Waals surface area contributed by atoms with Crippen molar-refractivity contribution in [2.75, 3.05) is 85.4 Å². The number of rotatable bonds is 16. The van der Waals surface area contributed by atoms with E-state index in [2.05, 4.69) is 185 Å². The lowest BCUT2D eigenvalue weighted by atomic mass is 9.78. The second kappa shape index (κ2) is 49.4. The Morgan fingerprint density at radius 1 is 0.452 bits per heavy atom. The minimum absolute atomic E-state index is 0.0483. The SMILES string of the molecule is Brc1ccc(C2CN(Cc3ccccc3)CCO2)cc1.Brc1ccc(C2CO2)cc1.CC(C)(C)OC(=O)N1CCOC(c2ccc(B3OC(C)(C)C(C)(C)O3)cc2)C1.CC(C)(C)OC(=O)N1CCOC(c2ccc(Br)cc2)C1.O=C1COC(c2ccc(Br)cc2)CN1Cc1ccccc1.O=Cc1ccc(Br)cc1.OC(CNCc1ccccc1)c1ccc(Br)cc1. The van der Waals surface area contributed by atoms with Gasteiger partial charge in [-0.05, 0) is 198 Å². The molecule has 0 aromatic heterocycles. The number of aldehydes is 1. The summed E-state index contributed by atoms with van der Waals surface area (Å²) >= 11 is 20.3. The zero-order valence-corrected chi connectivity index (χ0v) is 82.6. The number of ether oxygens (including phenoxy) is 7. The van der Waals surface area contributed by atoms with Crippen molar-refractivity contribution in [1.29, 1.82) is 0 Å². The Bertz CT molecular complexity index is 4930. The van der Waals surface area contributed by atoms with Crippen LogP contribution in [-0.2, 0) is 66.9 Å². The first kappa shape index (κ1) is 101. The first-order valence-corrected chi connectivity index (χ1v) is 46.9. The lowest BCUT2D eigenvalue weighted by molar-refractivity contribution is -0.150. The molecule has 126 heavy (non-hydrogen) atoms. The fraction of sp³-hybridized carbons (Fsp3) is 0.360.